The van der Waals surface area contributed by atoms with E-state index in [1.807, 2.05) is 0 Å². The van der Waals surface area contributed by atoms with Crippen LogP contribution in [0.5, 0.6) is 0 Å². The third-order valence-electron chi connectivity index (χ3n) is 1.98. The summed E-state index contributed by atoms with van der Waals surface area (Å²) in [7, 11) is 0. The minimum atomic E-state index is -0.329. The summed E-state index contributed by atoms with van der Waals surface area (Å²) >= 11 is 0. The van der Waals surface area contributed by atoms with Crippen molar-refractivity contribution in [2.24, 2.45) is 0 Å². The molecule has 0 aromatic carbocycles. The highest BCUT2D eigenvalue weighted by atomic mass is 17.2. The minimum absolute atomic E-state index is 0.329. The van der Waals surface area contributed by atoms with E-state index in [4.69, 9.17) is 19.2 Å². The fourth-order valence-electron chi connectivity index (χ4n) is 1.36. The first-order valence-electron chi connectivity index (χ1n) is 4.49. The summed E-state index contributed by atoms with van der Waals surface area (Å²) in [6.07, 6.45) is 5.27. The Morgan fingerprint density at radius 3 is 2.93 bits per heavy atom. The number of rotatable bonds is 3. The highest BCUT2D eigenvalue weighted by Crippen LogP contribution is 2.25. The molecule has 0 unspecified atom stereocenters. The Kier molecular flexibility index (Phi) is 2.86. The van der Waals surface area contributed by atoms with E-state index in [0.717, 1.165) is 5.57 Å². The molecule has 0 N–H and O–H groups in total. The lowest BCUT2D eigenvalue weighted by Crippen LogP contribution is -2.15. The summed E-state index contributed by atoms with van der Waals surface area (Å²) in [5.41, 5.74) is 0.869. The van der Waals surface area contributed by atoms with Gasteiger partial charge < -0.3 is 9.47 Å². The average molecular weight is 196 g/mol. The van der Waals surface area contributed by atoms with Crippen LogP contribution in [-0.2, 0) is 19.2 Å². The monoisotopic (exact) mass is 196 g/mol. The van der Waals surface area contributed by atoms with Crippen LogP contribution in [0.3, 0.4) is 0 Å². The molecule has 2 rings (SSSR count). The van der Waals surface area contributed by atoms with Crippen LogP contribution in [0.2, 0.25) is 0 Å². The van der Waals surface area contributed by atoms with Gasteiger partial charge in [0.05, 0.1) is 18.8 Å². The van der Waals surface area contributed by atoms with Gasteiger partial charge in [-0.25, -0.2) is 0 Å². The number of allylic oxidation sites excluding steroid dienone is 1. The summed E-state index contributed by atoms with van der Waals surface area (Å²) in [5.74, 6) is 0.689. The van der Waals surface area contributed by atoms with E-state index >= 15 is 0 Å². The molecule has 14 heavy (non-hydrogen) atoms. The topological polar surface area (TPSA) is 36.9 Å². The Bertz CT molecular complexity index is 274. The lowest BCUT2D eigenvalue weighted by molar-refractivity contribution is -0.219. The van der Waals surface area contributed by atoms with Crippen molar-refractivity contribution in [2.75, 3.05) is 13.2 Å². The molecule has 1 fully saturated rings. The van der Waals surface area contributed by atoms with Crippen LogP contribution in [0.15, 0.2) is 36.3 Å². The zero-order valence-corrected chi connectivity index (χ0v) is 7.77. The second-order valence-electron chi connectivity index (χ2n) is 2.93. The second-order valence-corrected chi connectivity index (χ2v) is 2.93. The minimum Gasteiger partial charge on any atom is -0.346 e. The van der Waals surface area contributed by atoms with Crippen LogP contribution in [0.1, 0.15) is 6.42 Å². The Hall–Kier alpha value is -1.26. The van der Waals surface area contributed by atoms with Crippen LogP contribution in [0.4, 0.5) is 0 Å². The summed E-state index contributed by atoms with van der Waals surface area (Å²) in [6.45, 7) is 4.87. The molecular weight excluding hydrogens is 184 g/mol. The summed E-state index contributed by atoms with van der Waals surface area (Å²) in [4.78, 5) is 9.73. The molecule has 0 bridgehead atoms. The molecule has 4 heteroatoms. The molecule has 4 nitrogen and oxygen atoms in total. The normalized spacial score (nSPS) is 22.0. The van der Waals surface area contributed by atoms with Gasteiger partial charge in [0, 0.05) is 6.42 Å². The van der Waals surface area contributed by atoms with Gasteiger partial charge in [-0.15, -0.1) is 6.58 Å². The van der Waals surface area contributed by atoms with E-state index in [2.05, 4.69) is 6.58 Å². The molecule has 0 saturated carbocycles. The average Bonchev–Trinajstić information content (AvgIpc) is 2.72. The fraction of sp³-hybridized carbons (Fsp3) is 0.400. The zero-order chi connectivity index (χ0) is 9.80. The SMILES string of the molecule is C=CCC1=C(C2OCCO2)C=COO1. The van der Waals surface area contributed by atoms with Gasteiger partial charge in [-0.3, -0.25) is 9.78 Å². The van der Waals surface area contributed by atoms with Crippen molar-refractivity contribution in [1.82, 2.24) is 0 Å². The molecule has 0 spiro atoms. The standard InChI is InChI=1S/C10H12O4/c1-2-3-9-8(4-5-13-14-9)10-11-6-7-12-10/h2,4-5,10H,1,3,6-7H2. The molecule has 0 atom stereocenters. The van der Waals surface area contributed by atoms with Gasteiger partial charge >= 0.3 is 0 Å². The predicted octanol–water partition coefficient (Wildman–Crippen LogP) is 1.66. The van der Waals surface area contributed by atoms with E-state index in [1.165, 1.54) is 6.26 Å². The number of hydrogen-bond acceptors (Lipinski definition) is 4. The molecule has 0 aromatic heterocycles. The Morgan fingerprint density at radius 1 is 1.43 bits per heavy atom. The van der Waals surface area contributed by atoms with Crippen molar-refractivity contribution < 1.29 is 19.2 Å². The lowest BCUT2D eigenvalue weighted by Gasteiger charge is -2.17. The predicted molar refractivity (Wildman–Crippen MR) is 48.8 cm³/mol. The molecule has 76 valence electrons. The van der Waals surface area contributed by atoms with Crippen molar-refractivity contribution in [3.05, 3.63) is 36.3 Å². The molecule has 0 aliphatic carbocycles. The molecule has 2 aliphatic rings. The fourth-order valence-corrected chi connectivity index (χ4v) is 1.36. The molecule has 0 amide bonds. The van der Waals surface area contributed by atoms with Gasteiger partial charge in [-0.1, -0.05) is 6.08 Å². The third-order valence-corrected chi connectivity index (χ3v) is 1.98. The zero-order valence-electron chi connectivity index (χ0n) is 7.77. The van der Waals surface area contributed by atoms with Crippen molar-refractivity contribution in [2.45, 2.75) is 12.7 Å². The highest BCUT2D eigenvalue weighted by Gasteiger charge is 2.25. The van der Waals surface area contributed by atoms with Crippen LogP contribution in [0.25, 0.3) is 0 Å². The quantitative estimate of drug-likeness (QED) is 0.508. The first-order valence-corrected chi connectivity index (χ1v) is 4.49. The lowest BCUT2D eigenvalue weighted by atomic mass is 10.1. The van der Waals surface area contributed by atoms with E-state index in [-0.39, 0.29) is 6.29 Å². The molecule has 2 aliphatic heterocycles. The maximum atomic E-state index is 5.37. The van der Waals surface area contributed by atoms with Crippen LogP contribution < -0.4 is 0 Å². The van der Waals surface area contributed by atoms with Gasteiger partial charge in [0.25, 0.3) is 0 Å². The Morgan fingerprint density at radius 2 is 2.21 bits per heavy atom. The van der Waals surface area contributed by atoms with Crippen LogP contribution in [-0.4, -0.2) is 19.5 Å². The Labute approximate surface area is 82.3 Å². The molecule has 1 saturated heterocycles. The van der Waals surface area contributed by atoms with Gasteiger partial charge in [-0.2, -0.15) is 0 Å². The third kappa shape index (κ3) is 1.81. The molecule has 0 radical (unpaired) electrons. The van der Waals surface area contributed by atoms with Crippen LogP contribution >= 0.6 is 0 Å². The van der Waals surface area contributed by atoms with E-state index in [9.17, 15) is 0 Å². The van der Waals surface area contributed by atoms with Crippen molar-refractivity contribution in [3.8, 4) is 0 Å². The van der Waals surface area contributed by atoms with Crippen molar-refractivity contribution in [3.63, 3.8) is 0 Å². The summed E-state index contributed by atoms with van der Waals surface area (Å²) in [5, 5.41) is 0. The maximum Gasteiger partial charge on any atom is 0.187 e. The molecule has 2 heterocycles. The number of ether oxygens (including phenoxy) is 2. The smallest absolute Gasteiger partial charge is 0.187 e. The largest absolute Gasteiger partial charge is 0.346 e. The van der Waals surface area contributed by atoms with E-state index in [0.29, 0.717) is 25.4 Å². The van der Waals surface area contributed by atoms with E-state index in [1.54, 1.807) is 12.2 Å². The first kappa shape index (κ1) is 9.30. The van der Waals surface area contributed by atoms with Crippen LogP contribution in [0, 0.1) is 0 Å². The Balaban J connectivity index is 2.17. The van der Waals surface area contributed by atoms with E-state index < -0.39 is 0 Å². The molecule has 0 aromatic rings. The highest BCUT2D eigenvalue weighted by molar-refractivity contribution is 5.26. The van der Waals surface area contributed by atoms with Crippen molar-refractivity contribution >= 4 is 0 Å². The first-order chi connectivity index (χ1) is 6.92. The molecular formula is C10H12O4. The van der Waals surface area contributed by atoms with Gasteiger partial charge in [-0.05, 0) is 6.08 Å². The summed E-state index contributed by atoms with van der Waals surface area (Å²) < 4.78 is 10.7. The summed E-state index contributed by atoms with van der Waals surface area (Å²) in [6, 6.07) is 0. The maximum absolute atomic E-state index is 5.37. The number of hydrogen-bond donors (Lipinski definition) is 0. The second kappa shape index (κ2) is 4.30. The van der Waals surface area contributed by atoms with Gasteiger partial charge in [0.1, 0.15) is 6.26 Å². The van der Waals surface area contributed by atoms with Gasteiger partial charge in [0.15, 0.2) is 12.0 Å². The van der Waals surface area contributed by atoms with Crippen molar-refractivity contribution in [1.29, 1.82) is 0 Å². The van der Waals surface area contributed by atoms with Gasteiger partial charge in [0.2, 0.25) is 0 Å².